The molecule has 0 unspecified atom stereocenters. The lowest BCUT2D eigenvalue weighted by Gasteiger charge is -2.37. The van der Waals surface area contributed by atoms with Crippen molar-refractivity contribution in [1.82, 2.24) is 9.21 Å². The summed E-state index contributed by atoms with van der Waals surface area (Å²) < 4.78 is 31.8. The number of benzene rings is 1. The summed E-state index contributed by atoms with van der Waals surface area (Å²) >= 11 is 1.53. The van der Waals surface area contributed by atoms with Crippen molar-refractivity contribution in [1.29, 1.82) is 0 Å². The van der Waals surface area contributed by atoms with Gasteiger partial charge in [0.15, 0.2) is 0 Å². The van der Waals surface area contributed by atoms with E-state index < -0.39 is 16.1 Å². The fraction of sp³-hybridized carbons (Fsp3) is 0.389. The molecular formula is C18H22N2O4S2. The summed E-state index contributed by atoms with van der Waals surface area (Å²) in [6.07, 6.45) is 0. The topological polar surface area (TPSA) is 66.9 Å². The van der Waals surface area contributed by atoms with Crippen LogP contribution in [0.25, 0.3) is 0 Å². The molecule has 1 atom stereocenters. The highest BCUT2D eigenvalue weighted by Crippen LogP contribution is 2.26. The molecule has 0 spiro atoms. The maximum Gasteiger partial charge on any atom is 0.327 e. The van der Waals surface area contributed by atoms with Gasteiger partial charge in [0.25, 0.3) is 0 Å². The first-order chi connectivity index (χ1) is 12.5. The molecule has 2 heterocycles. The lowest BCUT2D eigenvalue weighted by molar-refractivity contribution is -0.147. The third-order valence-corrected chi connectivity index (χ3v) is 7.06. The first kappa shape index (κ1) is 19.0. The van der Waals surface area contributed by atoms with Crippen LogP contribution in [0.15, 0.2) is 47.2 Å². The SMILES string of the molecule is COC(=O)[C@H](c1ccsc1)N1CCN(S(=O)(=O)Cc2ccccc2)CC1. The number of nitrogens with zero attached hydrogens (tertiary/aromatic N) is 2. The molecule has 1 aliphatic heterocycles. The number of hydrogen-bond donors (Lipinski definition) is 0. The van der Waals surface area contributed by atoms with Crippen LogP contribution in [0.2, 0.25) is 0 Å². The average molecular weight is 395 g/mol. The Kier molecular flexibility index (Phi) is 6.08. The van der Waals surface area contributed by atoms with E-state index in [0.717, 1.165) is 11.1 Å². The van der Waals surface area contributed by atoms with E-state index in [0.29, 0.717) is 26.2 Å². The van der Waals surface area contributed by atoms with Gasteiger partial charge in [0, 0.05) is 26.2 Å². The Morgan fingerprint density at radius 1 is 1.15 bits per heavy atom. The molecule has 0 amide bonds. The van der Waals surface area contributed by atoms with E-state index in [1.54, 1.807) is 0 Å². The summed E-state index contributed by atoms with van der Waals surface area (Å²) in [7, 11) is -2.00. The number of sulfonamides is 1. The molecule has 0 aliphatic carbocycles. The Labute approximate surface area is 158 Å². The minimum atomic E-state index is -3.37. The van der Waals surface area contributed by atoms with Gasteiger partial charge in [-0.05, 0) is 28.0 Å². The fourth-order valence-electron chi connectivity index (χ4n) is 3.15. The molecule has 1 aliphatic rings. The van der Waals surface area contributed by atoms with Crippen molar-refractivity contribution in [3.8, 4) is 0 Å². The third kappa shape index (κ3) is 4.32. The zero-order valence-electron chi connectivity index (χ0n) is 14.6. The molecule has 3 rings (SSSR count). The van der Waals surface area contributed by atoms with Crippen LogP contribution in [0.4, 0.5) is 0 Å². The number of thiophene rings is 1. The summed E-state index contributed by atoms with van der Waals surface area (Å²) in [6, 6.07) is 10.6. The molecule has 0 N–H and O–H groups in total. The zero-order valence-corrected chi connectivity index (χ0v) is 16.2. The van der Waals surface area contributed by atoms with Crippen LogP contribution in [0.1, 0.15) is 17.2 Å². The molecule has 1 fully saturated rings. The number of carbonyl (C=O) groups is 1. The number of ether oxygens (including phenoxy) is 1. The van der Waals surface area contributed by atoms with Gasteiger partial charge in [-0.2, -0.15) is 15.6 Å². The lowest BCUT2D eigenvalue weighted by Crippen LogP contribution is -2.51. The van der Waals surface area contributed by atoms with E-state index in [4.69, 9.17) is 4.74 Å². The maximum atomic E-state index is 12.7. The maximum absolute atomic E-state index is 12.7. The van der Waals surface area contributed by atoms with Crippen molar-refractivity contribution in [3.05, 3.63) is 58.3 Å². The van der Waals surface area contributed by atoms with E-state index in [1.165, 1.54) is 22.8 Å². The molecule has 1 saturated heterocycles. The largest absolute Gasteiger partial charge is 0.468 e. The van der Waals surface area contributed by atoms with E-state index >= 15 is 0 Å². The molecular weight excluding hydrogens is 372 g/mol. The number of piperazine rings is 1. The molecule has 8 heteroatoms. The van der Waals surface area contributed by atoms with E-state index in [-0.39, 0.29) is 11.7 Å². The van der Waals surface area contributed by atoms with Gasteiger partial charge >= 0.3 is 5.97 Å². The predicted molar refractivity (Wildman–Crippen MR) is 101 cm³/mol. The molecule has 1 aromatic carbocycles. The van der Waals surface area contributed by atoms with Gasteiger partial charge in [0.2, 0.25) is 10.0 Å². The van der Waals surface area contributed by atoms with E-state index in [2.05, 4.69) is 0 Å². The van der Waals surface area contributed by atoms with Gasteiger partial charge in [0.05, 0.1) is 12.9 Å². The van der Waals surface area contributed by atoms with Crippen LogP contribution in [0, 0.1) is 0 Å². The summed E-state index contributed by atoms with van der Waals surface area (Å²) in [5.74, 6) is -0.317. The molecule has 0 radical (unpaired) electrons. The predicted octanol–water partition coefficient (Wildman–Crippen LogP) is 2.11. The minimum absolute atomic E-state index is 0.00119. The molecule has 2 aromatic rings. The van der Waals surface area contributed by atoms with Crippen LogP contribution >= 0.6 is 11.3 Å². The second kappa shape index (κ2) is 8.30. The monoisotopic (exact) mass is 394 g/mol. The van der Waals surface area contributed by atoms with Gasteiger partial charge in [0.1, 0.15) is 6.04 Å². The van der Waals surface area contributed by atoms with Gasteiger partial charge in [-0.15, -0.1) is 0 Å². The second-order valence-electron chi connectivity index (χ2n) is 6.16. The van der Waals surface area contributed by atoms with Crippen molar-refractivity contribution in [2.75, 3.05) is 33.3 Å². The van der Waals surface area contributed by atoms with Gasteiger partial charge in [-0.25, -0.2) is 13.2 Å². The van der Waals surface area contributed by atoms with Crippen molar-refractivity contribution in [2.24, 2.45) is 0 Å². The highest BCUT2D eigenvalue weighted by molar-refractivity contribution is 7.88. The van der Waals surface area contributed by atoms with Gasteiger partial charge in [-0.3, -0.25) is 4.90 Å². The smallest absolute Gasteiger partial charge is 0.327 e. The summed E-state index contributed by atoms with van der Waals surface area (Å²) in [5.41, 5.74) is 1.67. The highest BCUT2D eigenvalue weighted by atomic mass is 32.2. The third-order valence-electron chi connectivity index (χ3n) is 4.51. The quantitative estimate of drug-likeness (QED) is 0.702. The molecule has 0 bridgehead atoms. The van der Waals surface area contributed by atoms with Crippen molar-refractivity contribution in [3.63, 3.8) is 0 Å². The van der Waals surface area contributed by atoms with Crippen LogP contribution in [0.5, 0.6) is 0 Å². The Bertz CT molecular complexity index is 814. The average Bonchev–Trinajstić information content (AvgIpc) is 3.17. The van der Waals surface area contributed by atoms with E-state index in [1.807, 2.05) is 52.1 Å². The number of hydrogen-bond acceptors (Lipinski definition) is 6. The highest BCUT2D eigenvalue weighted by Gasteiger charge is 2.34. The number of methoxy groups -OCH3 is 1. The zero-order chi connectivity index (χ0) is 18.6. The molecule has 26 heavy (non-hydrogen) atoms. The minimum Gasteiger partial charge on any atom is -0.468 e. The molecule has 140 valence electrons. The van der Waals surface area contributed by atoms with Crippen LogP contribution < -0.4 is 0 Å². The Hall–Kier alpha value is -1.74. The fourth-order valence-corrected chi connectivity index (χ4v) is 5.35. The number of rotatable bonds is 6. The number of esters is 1. The van der Waals surface area contributed by atoms with Crippen LogP contribution in [-0.4, -0.2) is 56.9 Å². The summed E-state index contributed by atoms with van der Waals surface area (Å²) in [4.78, 5) is 14.2. The Morgan fingerprint density at radius 2 is 1.85 bits per heavy atom. The number of carbonyl (C=O) groups excluding carboxylic acids is 1. The first-order valence-electron chi connectivity index (χ1n) is 8.37. The van der Waals surface area contributed by atoms with Crippen molar-refractivity contribution < 1.29 is 17.9 Å². The second-order valence-corrected chi connectivity index (χ2v) is 8.91. The van der Waals surface area contributed by atoms with Crippen molar-refractivity contribution >= 4 is 27.3 Å². The van der Waals surface area contributed by atoms with E-state index in [9.17, 15) is 13.2 Å². The Morgan fingerprint density at radius 3 is 2.42 bits per heavy atom. The molecule has 1 aromatic heterocycles. The Balaban J connectivity index is 1.67. The van der Waals surface area contributed by atoms with Gasteiger partial charge < -0.3 is 4.74 Å². The van der Waals surface area contributed by atoms with Gasteiger partial charge in [-0.1, -0.05) is 30.3 Å². The molecule has 6 nitrogen and oxygen atoms in total. The van der Waals surface area contributed by atoms with Crippen LogP contribution in [-0.2, 0) is 25.3 Å². The lowest BCUT2D eigenvalue weighted by atomic mass is 10.1. The standard InChI is InChI=1S/C18H22N2O4S2/c1-24-18(21)17(16-7-12-25-13-16)19-8-10-20(11-9-19)26(22,23)14-15-5-3-2-4-6-15/h2-7,12-13,17H,8-11,14H2,1H3/t17-/m0/s1. The van der Waals surface area contributed by atoms with Crippen LogP contribution in [0.3, 0.4) is 0 Å². The normalized spacial score (nSPS) is 17.7. The van der Waals surface area contributed by atoms with Crippen molar-refractivity contribution in [2.45, 2.75) is 11.8 Å². The summed E-state index contributed by atoms with van der Waals surface area (Å²) in [6.45, 7) is 1.72. The first-order valence-corrected chi connectivity index (χ1v) is 10.9. The molecule has 0 saturated carbocycles. The summed E-state index contributed by atoms with van der Waals surface area (Å²) in [5, 5.41) is 3.85.